The first-order chi connectivity index (χ1) is 14.3. The van der Waals surface area contributed by atoms with Crippen molar-refractivity contribution in [3.63, 3.8) is 0 Å². The summed E-state index contributed by atoms with van der Waals surface area (Å²) < 4.78 is 5.72. The standard InChI is InChI=1S/C22H40N6O/c1-3-23-22(24-10-7-12-27-13-8-11-26(2)16-17-27)25-19-20(21-9-6-18-29-21)28-14-4-5-15-28/h6,9,18,20H,3-5,7-8,10-17,19H2,1-2H3,(H2,23,24,25). The van der Waals surface area contributed by atoms with Crippen LogP contribution in [0, 0.1) is 0 Å². The van der Waals surface area contributed by atoms with E-state index in [2.05, 4.69) is 45.4 Å². The van der Waals surface area contributed by atoms with Gasteiger partial charge in [-0.15, -0.1) is 0 Å². The summed E-state index contributed by atoms with van der Waals surface area (Å²) in [5.74, 6) is 1.94. The predicted molar refractivity (Wildman–Crippen MR) is 119 cm³/mol. The van der Waals surface area contributed by atoms with E-state index in [0.717, 1.165) is 57.4 Å². The van der Waals surface area contributed by atoms with Crippen LogP contribution in [0.3, 0.4) is 0 Å². The molecule has 1 atom stereocenters. The molecule has 0 amide bonds. The van der Waals surface area contributed by atoms with E-state index in [1.54, 1.807) is 6.26 Å². The second-order valence-corrected chi connectivity index (χ2v) is 8.27. The van der Waals surface area contributed by atoms with Crippen LogP contribution in [0.1, 0.15) is 44.4 Å². The lowest BCUT2D eigenvalue weighted by Gasteiger charge is -2.24. The summed E-state index contributed by atoms with van der Waals surface area (Å²) in [6, 6.07) is 4.29. The number of hydrogen-bond donors (Lipinski definition) is 2. The van der Waals surface area contributed by atoms with Crippen molar-refractivity contribution in [1.82, 2.24) is 25.3 Å². The highest BCUT2D eigenvalue weighted by Gasteiger charge is 2.25. The van der Waals surface area contributed by atoms with Gasteiger partial charge >= 0.3 is 0 Å². The number of likely N-dealkylation sites (N-methyl/N-ethyl adjacent to an activating group) is 1. The summed E-state index contributed by atoms with van der Waals surface area (Å²) in [5, 5.41) is 6.93. The molecular weight excluding hydrogens is 364 g/mol. The smallest absolute Gasteiger partial charge is 0.191 e. The molecule has 0 aliphatic carbocycles. The number of rotatable bonds is 9. The van der Waals surface area contributed by atoms with E-state index in [1.807, 2.05) is 6.07 Å². The number of hydrogen-bond acceptors (Lipinski definition) is 5. The normalized spacial score (nSPS) is 21.2. The molecule has 164 valence electrons. The lowest BCUT2D eigenvalue weighted by Crippen LogP contribution is -2.40. The third kappa shape index (κ3) is 7.32. The molecule has 0 saturated carbocycles. The number of nitrogens with zero attached hydrogens (tertiary/aromatic N) is 4. The first kappa shape index (κ1) is 22.1. The Balaban J connectivity index is 1.46. The van der Waals surface area contributed by atoms with Gasteiger partial charge in [0.15, 0.2) is 5.96 Å². The molecule has 2 N–H and O–H groups in total. The second kappa shape index (κ2) is 12.2. The van der Waals surface area contributed by atoms with E-state index in [1.165, 1.54) is 45.4 Å². The number of furan rings is 1. The van der Waals surface area contributed by atoms with Gasteiger partial charge in [-0.05, 0) is 84.5 Å². The molecule has 2 fully saturated rings. The van der Waals surface area contributed by atoms with Crippen molar-refractivity contribution in [2.45, 2.75) is 38.6 Å². The molecule has 0 spiro atoms. The average molecular weight is 405 g/mol. The van der Waals surface area contributed by atoms with Crippen LogP contribution in [-0.4, -0.2) is 93.2 Å². The summed E-state index contributed by atoms with van der Waals surface area (Å²) in [4.78, 5) is 12.4. The van der Waals surface area contributed by atoms with Crippen LogP contribution in [0.25, 0.3) is 0 Å². The fraction of sp³-hybridized carbons (Fsp3) is 0.773. The number of aliphatic imine (C=N–C) groups is 1. The van der Waals surface area contributed by atoms with E-state index in [4.69, 9.17) is 9.41 Å². The number of nitrogens with one attached hydrogen (secondary N) is 2. The maximum Gasteiger partial charge on any atom is 0.191 e. The van der Waals surface area contributed by atoms with Crippen LogP contribution in [0.15, 0.2) is 27.8 Å². The number of likely N-dealkylation sites (tertiary alicyclic amines) is 1. The highest BCUT2D eigenvalue weighted by atomic mass is 16.3. The van der Waals surface area contributed by atoms with Gasteiger partial charge in [0.05, 0.1) is 18.8 Å². The minimum absolute atomic E-state index is 0.233. The molecule has 2 aliphatic rings. The zero-order valence-corrected chi connectivity index (χ0v) is 18.4. The Morgan fingerprint density at radius 1 is 1.10 bits per heavy atom. The van der Waals surface area contributed by atoms with Crippen molar-refractivity contribution < 1.29 is 4.42 Å². The Morgan fingerprint density at radius 2 is 1.97 bits per heavy atom. The van der Waals surface area contributed by atoms with Crippen molar-refractivity contribution in [3.8, 4) is 0 Å². The summed E-state index contributed by atoms with van der Waals surface area (Å²) in [6.45, 7) is 12.9. The Morgan fingerprint density at radius 3 is 2.72 bits per heavy atom. The fourth-order valence-corrected chi connectivity index (χ4v) is 4.27. The van der Waals surface area contributed by atoms with Crippen molar-refractivity contribution >= 4 is 5.96 Å². The maximum absolute atomic E-state index is 5.72. The summed E-state index contributed by atoms with van der Waals surface area (Å²) in [6.07, 6.45) is 6.73. The van der Waals surface area contributed by atoms with Crippen LogP contribution in [0.2, 0.25) is 0 Å². The van der Waals surface area contributed by atoms with Gasteiger partial charge in [0, 0.05) is 26.2 Å². The van der Waals surface area contributed by atoms with Crippen LogP contribution < -0.4 is 10.6 Å². The maximum atomic E-state index is 5.72. The molecule has 0 aromatic carbocycles. The fourth-order valence-electron chi connectivity index (χ4n) is 4.27. The van der Waals surface area contributed by atoms with E-state index < -0.39 is 0 Å². The van der Waals surface area contributed by atoms with Gasteiger partial charge < -0.3 is 24.9 Å². The van der Waals surface area contributed by atoms with Gasteiger partial charge in [-0.2, -0.15) is 0 Å². The highest BCUT2D eigenvalue weighted by molar-refractivity contribution is 5.79. The van der Waals surface area contributed by atoms with E-state index in [0.29, 0.717) is 0 Å². The monoisotopic (exact) mass is 404 g/mol. The van der Waals surface area contributed by atoms with Gasteiger partial charge in [-0.1, -0.05) is 0 Å². The minimum atomic E-state index is 0.233. The minimum Gasteiger partial charge on any atom is -0.468 e. The zero-order valence-electron chi connectivity index (χ0n) is 18.4. The molecule has 7 nitrogen and oxygen atoms in total. The molecule has 2 saturated heterocycles. The topological polar surface area (TPSA) is 59.3 Å². The molecule has 0 radical (unpaired) electrons. The zero-order chi connectivity index (χ0) is 20.3. The highest BCUT2D eigenvalue weighted by Crippen LogP contribution is 2.25. The molecule has 29 heavy (non-hydrogen) atoms. The third-order valence-corrected chi connectivity index (χ3v) is 5.98. The van der Waals surface area contributed by atoms with Crippen molar-refractivity contribution in [3.05, 3.63) is 24.2 Å². The largest absolute Gasteiger partial charge is 0.468 e. The van der Waals surface area contributed by atoms with E-state index in [-0.39, 0.29) is 6.04 Å². The first-order valence-electron chi connectivity index (χ1n) is 11.5. The van der Waals surface area contributed by atoms with E-state index in [9.17, 15) is 0 Å². The Labute approximate surface area is 176 Å². The van der Waals surface area contributed by atoms with Gasteiger partial charge in [-0.25, -0.2) is 0 Å². The molecule has 7 heteroatoms. The molecule has 1 aromatic heterocycles. The quantitative estimate of drug-likeness (QED) is 0.373. The summed E-state index contributed by atoms with van der Waals surface area (Å²) in [5.41, 5.74) is 0. The molecule has 1 unspecified atom stereocenters. The van der Waals surface area contributed by atoms with Crippen molar-refractivity contribution in [2.75, 3.05) is 72.5 Å². The van der Waals surface area contributed by atoms with Crippen LogP contribution in [-0.2, 0) is 0 Å². The molecule has 1 aromatic rings. The molecular formula is C22H40N6O. The molecule has 2 aliphatic heterocycles. The summed E-state index contributed by atoms with van der Waals surface area (Å²) >= 11 is 0. The number of guanidine groups is 1. The van der Waals surface area contributed by atoms with Crippen molar-refractivity contribution in [2.24, 2.45) is 4.99 Å². The van der Waals surface area contributed by atoms with Gasteiger partial charge in [-0.3, -0.25) is 9.89 Å². The van der Waals surface area contributed by atoms with Crippen LogP contribution >= 0.6 is 0 Å². The first-order valence-corrected chi connectivity index (χ1v) is 11.5. The van der Waals surface area contributed by atoms with Gasteiger partial charge in [0.1, 0.15) is 5.76 Å². The van der Waals surface area contributed by atoms with Gasteiger partial charge in [0.25, 0.3) is 0 Å². The Hall–Kier alpha value is -1.57. The lowest BCUT2D eigenvalue weighted by atomic mass is 10.2. The Bertz CT molecular complexity index is 584. The molecule has 3 heterocycles. The predicted octanol–water partition coefficient (Wildman–Crippen LogP) is 2.00. The second-order valence-electron chi connectivity index (χ2n) is 8.27. The summed E-state index contributed by atoms with van der Waals surface area (Å²) in [7, 11) is 2.22. The molecule has 3 rings (SSSR count). The lowest BCUT2D eigenvalue weighted by molar-refractivity contribution is 0.221. The third-order valence-electron chi connectivity index (χ3n) is 5.98. The van der Waals surface area contributed by atoms with Crippen LogP contribution in [0.4, 0.5) is 0 Å². The molecule has 0 bridgehead atoms. The average Bonchev–Trinajstić information content (AvgIpc) is 3.40. The Kier molecular flexibility index (Phi) is 9.31. The van der Waals surface area contributed by atoms with Crippen LogP contribution in [0.5, 0.6) is 0 Å². The van der Waals surface area contributed by atoms with Crippen molar-refractivity contribution in [1.29, 1.82) is 0 Å². The van der Waals surface area contributed by atoms with E-state index >= 15 is 0 Å². The van der Waals surface area contributed by atoms with Gasteiger partial charge in [0.2, 0.25) is 0 Å². The SMILES string of the molecule is CCNC(=NCC(c1ccco1)N1CCCC1)NCCCN1CCCN(C)CC1.